The number of thiophene rings is 1. The molecule has 1 saturated heterocycles. The fourth-order valence-electron chi connectivity index (χ4n) is 4.27. The topological polar surface area (TPSA) is 71.5 Å². The second-order valence-electron chi connectivity index (χ2n) is 8.39. The van der Waals surface area contributed by atoms with E-state index in [-0.39, 0.29) is 5.82 Å². The van der Waals surface area contributed by atoms with Crippen LogP contribution in [-0.4, -0.2) is 36.6 Å². The predicted octanol–water partition coefficient (Wildman–Crippen LogP) is 5.10. The number of rotatable bonds is 7. The molecule has 35 heavy (non-hydrogen) atoms. The minimum atomic E-state index is -0.588. The third-order valence-corrected chi connectivity index (χ3v) is 6.94. The van der Waals surface area contributed by atoms with Gasteiger partial charge in [0.1, 0.15) is 17.2 Å². The van der Waals surface area contributed by atoms with Gasteiger partial charge in [-0.3, -0.25) is 4.79 Å². The molecule has 2 aromatic carbocycles. The van der Waals surface area contributed by atoms with Crippen molar-refractivity contribution < 1.29 is 18.7 Å². The molecule has 1 aliphatic rings. The fraction of sp³-hybridized carbons (Fsp3) is 0.222. The van der Waals surface area contributed by atoms with Crippen LogP contribution in [0.3, 0.4) is 0 Å². The highest BCUT2D eigenvalue weighted by Crippen LogP contribution is 2.28. The molecular weight excluding hydrogens is 465 g/mol. The highest BCUT2D eigenvalue weighted by molar-refractivity contribution is 7.10. The molecule has 0 saturated carbocycles. The number of amides is 1. The van der Waals surface area contributed by atoms with Crippen molar-refractivity contribution in [1.29, 1.82) is 0 Å². The van der Waals surface area contributed by atoms with Crippen LogP contribution in [0.5, 0.6) is 0 Å². The van der Waals surface area contributed by atoms with Crippen LogP contribution in [0.25, 0.3) is 10.9 Å². The summed E-state index contributed by atoms with van der Waals surface area (Å²) in [4.78, 5) is 33.6. The van der Waals surface area contributed by atoms with Gasteiger partial charge in [-0.05, 0) is 54.1 Å². The predicted molar refractivity (Wildman–Crippen MR) is 134 cm³/mol. The number of ether oxygens (including phenoxy) is 1. The molecule has 3 heterocycles. The number of para-hydroxylation sites is 1. The van der Waals surface area contributed by atoms with Crippen molar-refractivity contribution in [3.05, 3.63) is 93.9 Å². The summed E-state index contributed by atoms with van der Waals surface area (Å²) >= 11 is 1.48. The molecule has 0 bridgehead atoms. The number of nitrogens with zero attached hydrogens (tertiary/aromatic N) is 2. The maximum atomic E-state index is 13.4. The van der Waals surface area contributed by atoms with Gasteiger partial charge < -0.3 is 15.0 Å². The zero-order valence-electron chi connectivity index (χ0n) is 18.9. The number of benzene rings is 2. The highest BCUT2D eigenvalue weighted by atomic mass is 32.1. The molecule has 178 valence electrons. The van der Waals surface area contributed by atoms with Crippen molar-refractivity contribution in [3.8, 4) is 0 Å². The summed E-state index contributed by atoms with van der Waals surface area (Å²) in [5, 5.41) is 5.65. The summed E-state index contributed by atoms with van der Waals surface area (Å²) < 4.78 is 18.9. The molecule has 5 rings (SSSR count). The average molecular weight is 490 g/mol. The van der Waals surface area contributed by atoms with Gasteiger partial charge in [0.05, 0.1) is 11.6 Å². The van der Waals surface area contributed by atoms with Gasteiger partial charge in [-0.15, -0.1) is 11.3 Å². The Morgan fingerprint density at radius 3 is 2.57 bits per heavy atom. The van der Waals surface area contributed by atoms with Crippen molar-refractivity contribution in [3.63, 3.8) is 0 Å². The van der Waals surface area contributed by atoms with E-state index >= 15 is 0 Å². The quantitative estimate of drug-likeness (QED) is 0.366. The molecule has 1 N–H and O–H groups in total. The van der Waals surface area contributed by atoms with E-state index in [9.17, 15) is 14.0 Å². The first-order chi connectivity index (χ1) is 17.1. The lowest BCUT2D eigenvalue weighted by atomic mass is 10.1. The van der Waals surface area contributed by atoms with E-state index in [1.54, 1.807) is 18.2 Å². The molecule has 0 aliphatic carbocycles. The van der Waals surface area contributed by atoms with Crippen LogP contribution in [-0.2, 0) is 9.53 Å². The van der Waals surface area contributed by atoms with Crippen molar-refractivity contribution in [2.45, 2.75) is 18.9 Å². The minimum Gasteiger partial charge on any atom is -0.452 e. The van der Waals surface area contributed by atoms with Crippen molar-refractivity contribution in [2.75, 3.05) is 24.6 Å². The van der Waals surface area contributed by atoms with Crippen LogP contribution in [0.1, 0.15) is 39.7 Å². The minimum absolute atomic E-state index is 0.350. The van der Waals surface area contributed by atoms with E-state index in [0.717, 1.165) is 47.3 Å². The number of carbonyl (C=O) groups excluding carboxylic acids is 2. The van der Waals surface area contributed by atoms with Crippen LogP contribution in [0, 0.1) is 5.82 Å². The Balaban J connectivity index is 1.32. The molecule has 4 aromatic rings. The number of halogens is 1. The van der Waals surface area contributed by atoms with Gasteiger partial charge in [0, 0.05) is 23.4 Å². The van der Waals surface area contributed by atoms with Crippen LogP contribution in [0.15, 0.2) is 72.1 Å². The molecule has 6 nitrogen and oxygen atoms in total. The van der Waals surface area contributed by atoms with E-state index in [1.165, 1.54) is 23.5 Å². The Morgan fingerprint density at radius 2 is 1.83 bits per heavy atom. The number of nitrogens with one attached hydrogen (secondary N) is 1. The maximum absolute atomic E-state index is 13.4. The van der Waals surface area contributed by atoms with Gasteiger partial charge in [-0.1, -0.05) is 36.4 Å². The zero-order valence-corrected chi connectivity index (χ0v) is 19.8. The standard InChI is InChI=1S/C27H24FN3O3S/c28-20-11-9-18(10-12-20)25(23-8-5-15-35-23)30-24(32)17-34-27(33)21-16-19-6-1-2-7-22(19)29-26(21)31-13-3-4-14-31/h1-2,5-12,15-16,25H,3-4,13-14,17H2,(H,30,32). The Hall–Kier alpha value is -3.78. The molecular formula is C27H24FN3O3S. The molecule has 1 amide bonds. The lowest BCUT2D eigenvalue weighted by Crippen LogP contribution is -2.33. The maximum Gasteiger partial charge on any atom is 0.342 e. The van der Waals surface area contributed by atoms with Crippen molar-refractivity contribution in [2.24, 2.45) is 0 Å². The average Bonchev–Trinajstić information content (AvgIpc) is 3.61. The van der Waals surface area contributed by atoms with E-state index in [0.29, 0.717) is 11.4 Å². The molecule has 0 radical (unpaired) electrons. The normalized spacial score (nSPS) is 14.1. The van der Waals surface area contributed by atoms with Gasteiger partial charge in [-0.25, -0.2) is 14.2 Å². The van der Waals surface area contributed by atoms with Crippen LogP contribution >= 0.6 is 11.3 Å². The molecule has 1 atom stereocenters. The number of hydrogen-bond donors (Lipinski definition) is 1. The Bertz CT molecular complexity index is 1340. The lowest BCUT2D eigenvalue weighted by Gasteiger charge is -2.21. The number of hydrogen-bond acceptors (Lipinski definition) is 6. The fourth-order valence-corrected chi connectivity index (χ4v) is 5.07. The molecule has 2 aromatic heterocycles. The molecule has 8 heteroatoms. The zero-order chi connectivity index (χ0) is 24.2. The largest absolute Gasteiger partial charge is 0.452 e. The number of fused-ring (bicyclic) bond motifs is 1. The van der Waals surface area contributed by atoms with Gasteiger partial charge in [0.15, 0.2) is 6.61 Å². The van der Waals surface area contributed by atoms with E-state index in [4.69, 9.17) is 9.72 Å². The highest BCUT2D eigenvalue weighted by Gasteiger charge is 2.24. The monoisotopic (exact) mass is 489 g/mol. The third-order valence-electron chi connectivity index (χ3n) is 6.00. The molecule has 1 unspecified atom stereocenters. The summed E-state index contributed by atoms with van der Waals surface area (Å²) in [6.45, 7) is 1.21. The van der Waals surface area contributed by atoms with Gasteiger partial charge in [0.2, 0.25) is 0 Å². The van der Waals surface area contributed by atoms with Crippen molar-refractivity contribution >= 4 is 39.9 Å². The number of aromatic nitrogens is 1. The van der Waals surface area contributed by atoms with Crippen molar-refractivity contribution in [1.82, 2.24) is 10.3 Å². The smallest absolute Gasteiger partial charge is 0.342 e. The molecule has 1 aliphatic heterocycles. The molecule has 0 spiro atoms. The number of pyridine rings is 1. The first kappa shape index (κ1) is 23.0. The first-order valence-electron chi connectivity index (χ1n) is 11.5. The second kappa shape index (κ2) is 10.2. The Kier molecular flexibility index (Phi) is 6.72. The molecule has 1 fully saturated rings. The second-order valence-corrected chi connectivity index (χ2v) is 9.37. The summed E-state index contributed by atoms with van der Waals surface area (Å²) in [6.07, 6.45) is 2.08. The Labute approximate surface area is 206 Å². The Morgan fingerprint density at radius 1 is 1.06 bits per heavy atom. The van der Waals surface area contributed by atoms with E-state index in [2.05, 4.69) is 10.2 Å². The summed E-state index contributed by atoms with van der Waals surface area (Å²) in [5.41, 5.74) is 1.90. The summed E-state index contributed by atoms with van der Waals surface area (Å²) in [5.74, 6) is -0.793. The van der Waals surface area contributed by atoms with Crippen LogP contribution in [0.4, 0.5) is 10.2 Å². The van der Waals surface area contributed by atoms with E-state index in [1.807, 2.05) is 41.8 Å². The summed E-state index contributed by atoms with van der Waals surface area (Å²) in [6, 6.07) is 18.7. The number of anilines is 1. The number of carbonyl (C=O) groups is 2. The van der Waals surface area contributed by atoms with E-state index < -0.39 is 24.5 Å². The van der Waals surface area contributed by atoms with Gasteiger partial charge >= 0.3 is 5.97 Å². The third kappa shape index (κ3) is 5.17. The van der Waals surface area contributed by atoms with Gasteiger partial charge in [-0.2, -0.15) is 0 Å². The SMILES string of the molecule is O=C(COC(=O)c1cc2ccccc2nc1N1CCCC1)NC(c1ccc(F)cc1)c1cccs1. The summed E-state index contributed by atoms with van der Waals surface area (Å²) in [7, 11) is 0. The first-order valence-corrected chi connectivity index (χ1v) is 12.4. The lowest BCUT2D eigenvalue weighted by molar-refractivity contribution is -0.124. The van der Waals surface area contributed by atoms with Gasteiger partial charge in [0.25, 0.3) is 5.91 Å². The van der Waals surface area contributed by atoms with Crippen LogP contribution < -0.4 is 10.2 Å². The van der Waals surface area contributed by atoms with Crippen LogP contribution in [0.2, 0.25) is 0 Å². The number of esters is 1.